The Hall–Kier alpha value is -2.53. The Balaban J connectivity index is 2.04. The maximum absolute atomic E-state index is 5.48. The Morgan fingerprint density at radius 2 is 1.86 bits per heavy atom. The number of hydrogen-bond acceptors (Lipinski definition) is 5. The molecule has 0 aliphatic carbocycles. The van der Waals surface area contributed by atoms with E-state index in [-0.39, 0.29) is 0 Å². The average molecular weight is 293 g/mol. The molecule has 112 valence electrons. The maximum Gasteiger partial charge on any atom is 0.125 e. The molecule has 3 aromatic rings. The van der Waals surface area contributed by atoms with Crippen molar-refractivity contribution >= 4 is 16.7 Å². The van der Waals surface area contributed by atoms with E-state index >= 15 is 0 Å². The van der Waals surface area contributed by atoms with Crippen LogP contribution in [0.3, 0.4) is 0 Å². The number of benzene rings is 1. The first-order valence-corrected chi connectivity index (χ1v) is 7.31. The normalized spacial score (nSPS) is 10.9. The lowest BCUT2D eigenvalue weighted by atomic mass is 10.0. The van der Waals surface area contributed by atoms with Crippen molar-refractivity contribution in [3.8, 4) is 11.3 Å². The van der Waals surface area contributed by atoms with Crippen molar-refractivity contribution in [2.45, 2.75) is 13.8 Å². The molecule has 22 heavy (non-hydrogen) atoms. The van der Waals surface area contributed by atoms with Crippen LogP contribution in [0.4, 0.5) is 5.82 Å². The third kappa shape index (κ3) is 2.76. The van der Waals surface area contributed by atoms with Gasteiger partial charge in [-0.05, 0) is 49.2 Å². The van der Waals surface area contributed by atoms with Gasteiger partial charge in [0.05, 0.1) is 11.2 Å². The van der Waals surface area contributed by atoms with E-state index in [0.717, 1.165) is 28.0 Å². The second-order valence-corrected chi connectivity index (χ2v) is 5.32. The number of fused-ring (bicyclic) bond motifs is 1. The predicted molar refractivity (Wildman–Crippen MR) is 89.8 cm³/mol. The van der Waals surface area contributed by atoms with Crippen molar-refractivity contribution < 1.29 is 0 Å². The van der Waals surface area contributed by atoms with E-state index in [1.54, 1.807) is 6.33 Å². The molecule has 2 heterocycles. The minimum atomic E-state index is 0.582. The number of nitrogens with zero attached hydrogens (tertiary/aromatic N) is 3. The third-order valence-corrected chi connectivity index (χ3v) is 3.74. The van der Waals surface area contributed by atoms with E-state index in [0.29, 0.717) is 13.1 Å². The Labute approximate surface area is 129 Å². The van der Waals surface area contributed by atoms with Gasteiger partial charge in [0.2, 0.25) is 0 Å². The fourth-order valence-electron chi connectivity index (χ4n) is 2.38. The van der Waals surface area contributed by atoms with Gasteiger partial charge in [0, 0.05) is 30.2 Å². The smallest absolute Gasteiger partial charge is 0.125 e. The molecule has 5 heteroatoms. The summed E-state index contributed by atoms with van der Waals surface area (Å²) in [6, 6.07) is 8.20. The van der Waals surface area contributed by atoms with Gasteiger partial charge in [-0.1, -0.05) is 0 Å². The number of nitrogens with one attached hydrogen (secondary N) is 1. The molecule has 0 unspecified atom stereocenters. The Bertz CT molecular complexity index is 796. The summed E-state index contributed by atoms with van der Waals surface area (Å²) in [5.74, 6) is 0.819. The van der Waals surface area contributed by atoms with E-state index < -0.39 is 0 Å². The largest absolute Gasteiger partial charge is 0.369 e. The van der Waals surface area contributed by atoms with Crippen LogP contribution in [0.5, 0.6) is 0 Å². The maximum atomic E-state index is 5.48. The highest BCUT2D eigenvalue weighted by atomic mass is 15.0. The fourth-order valence-corrected chi connectivity index (χ4v) is 2.38. The first-order chi connectivity index (χ1) is 10.7. The molecule has 3 N–H and O–H groups in total. The summed E-state index contributed by atoms with van der Waals surface area (Å²) in [4.78, 5) is 13.2. The van der Waals surface area contributed by atoms with Gasteiger partial charge in [-0.15, -0.1) is 0 Å². The molecule has 0 saturated heterocycles. The zero-order valence-corrected chi connectivity index (χ0v) is 12.8. The highest BCUT2D eigenvalue weighted by Crippen LogP contribution is 2.27. The second kappa shape index (κ2) is 6.07. The van der Waals surface area contributed by atoms with Crippen molar-refractivity contribution in [2.75, 3.05) is 18.4 Å². The summed E-state index contributed by atoms with van der Waals surface area (Å²) < 4.78 is 0. The molecular weight excluding hydrogens is 274 g/mol. The lowest BCUT2D eigenvalue weighted by molar-refractivity contribution is 1.01. The summed E-state index contributed by atoms with van der Waals surface area (Å²) >= 11 is 0. The van der Waals surface area contributed by atoms with Crippen molar-refractivity contribution in [3.05, 3.63) is 47.9 Å². The molecule has 0 bridgehead atoms. The van der Waals surface area contributed by atoms with Crippen molar-refractivity contribution in [2.24, 2.45) is 5.73 Å². The lowest BCUT2D eigenvalue weighted by Gasteiger charge is -2.09. The number of aryl methyl sites for hydroxylation is 2. The van der Waals surface area contributed by atoms with E-state index in [4.69, 9.17) is 5.73 Å². The van der Waals surface area contributed by atoms with E-state index in [1.165, 1.54) is 11.1 Å². The van der Waals surface area contributed by atoms with Crippen molar-refractivity contribution in [3.63, 3.8) is 0 Å². The molecule has 0 atom stereocenters. The summed E-state index contributed by atoms with van der Waals surface area (Å²) in [5.41, 5.74) is 10.8. The molecule has 0 radical (unpaired) electrons. The number of nitrogens with two attached hydrogens (primary N) is 1. The molecule has 0 spiro atoms. The van der Waals surface area contributed by atoms with Gasteiger partial charge in [0.15, 0.2) is 0 Å². The topological polar surface area (TPSA) is 76.7 Å². The molecule has 0 fully saturated rings. The van der Waals surface area contributed by atoms with Crippen molar-refractivity contribution in [1.82, 2.24) is 15.0 Å². The van der Waals surface area contributed by atoms with Crippen LogP contribution in [0.2, 0.25) is 0 Å². The fraction of sp³-hybridized carbons (Fsp3) is 0.235. The van der Waals surface area contributed by atoms with Crippen LogP contribution in [0.15, 0.2) is 36.8 Å². The number of anilines is 1. The van der Waals surface area contributed by atoms with Crippen LogP contribution in [-0.4, -0.2) is 28.0 Å². The number of rotatable bonds is 4. The van der Waals surface area contributed by atoms with E-state index in [9.17, 15) is 0 Å². The van der Waals surface area contributed by atoms with Gasteiger partial charge in [-0.2, -0.15) is 0 Å². The van der Waals surface area contributed by atoms with Crippen LogP contribution < -0.4 is 11.1 Å². The zero-order valence-electron chi connectivity index (χ0n) is 12.8. The van der Waals surface area contributed by atoms with Crippen LogP contribution in [0.25, 0.3) is 22.2 Å². The summed E-state index contributed by atoms with van der Waals surface area (Å²) in [6.07, 6.45) is 3.43. The van der Waals surface area contributed by atoms with Gasteiger partial charge in [-0.3, -0.25) is 0 Å². The summed E-state index contributed by atoms with van der Waals surface area (Å²) in [6.45, 7) is 5.49. The number of aromatic nitrogens is 3. The molecule has 0 aliphatic heterocycles. The average Bonchev–Trinajstić information content (AvgIpc) is 2.54. The van der Waals surface area contributed by atoms with Gasteiger partial charge < -0.3 is 11.1 Å². The first kappa shape index (κ1) is 14.4. The Morgan fingerprint density at radius 1 is 1.05 bits per heavy atom. The van der Waals surface area contributed by atoms with Crippen LogP contribution >= 0.6 is 0 Å². The minimum Gasteiger partial charge on any atom is -0.369 e. The van der Waals surface area contributed by atoms with Gasteiger partial charge >= 0.3 is 0 Å². The molecule has 0 aliphatic rings. The first-order valence-electron chi connectivity index (χ1n) is 7.31. The van der Waals surface area contributed by atoms with Crippen LogP contribution in [0.1, 0.15) is 11.1 Å². The number of pyridine rings is 1. The standard InChI is InChI=1S/C17H19N5/c1-11-7-14-15(8-12(11)2)21-10-22-17(14)13-3-4-16(20-9-13)19-6-5-18/h3-4,7-10H,5-6,18H2,1-2H3,(H,19,20). The summed E-state index contributed by atoms with van der Waals surface area (Å²) in [7, 11) is 0. The highest BCUT2D eigenvalue weighted by molar-refractivity contribution is 5.92. The molecule has 0 amide bonds. The monoisotopic (exact) mass is 293 g/mol. The Morgan fingerprint density at radius 3 is 2.59 bits per heavy atom. The third-order valence-electron chi connectivity index (χ3n) is 3.74. The molecule has 5 nitrogen and oxygen atoms in total. The van der Waals surface area contributed by atoms with Gasteiger partial charge in [0.1, 0.15) is 12.1 Å². The second-order valence-electron chi connectivity index (χ2n) is 5.32. The predicted octanol–water partition coefficient (Wildman–Crippen LogP) is 2.68. The summed E-state index contributed by atoms with van der Waals surface area (Å²) in [5, 5.41) is 4.21. The molecule has 2 aromatic heterocycles. The SMILES string of the molecule is Cc1cc2ncnc(-c3ccc(NCCN)nc3)c2cc1C. The lowest BCUT2D eigenvalue weighted by Crippen LogP contribution is -2.13. The molecule has 3 rings (SSSR count). The van der Waals surface area contributed by atoms with Gasteiger partial charge in [-0.25, -0.2) is 15.0 Å². The van der Waals surface area contributed by atoms with Gasteiger partial charge in [0.25, 0.3) is 0 Å². The van der Waals surface area contributed by atoms with E-state index in [1.807, 2.05) is 18.3 Å². The van der Waals surface area contributed by atoms with E-state index in [2.05, 4.69) is 46.2 Å². The molecule has 0 saturated carbocycles. The highest BCUT2D eigenvalue weighted by Gasteiger charge is 2.08. The van der Waals surface area contributed by atoms with Crippen LogP contribution in [0, 0.1) is 13.8 Å². The molecular formula is C17H19N5. The Kier molecular flexibility index (Phi) is 3.98. The van der Waals surface area contributed by atoms with Crippen LogP contribution in [-0.2, 0) is 0 Å². The minimum absolute atomic E-state index is 0.582. The van der Waals surface area contributed by atoms with Crippen molar-refractivity contribution in [1.29, 1.82) is 0 Å². The molecule has 1 aromatic carbocycles. The number of hydrogen-bond donors (Lipinski definition) is 2. The zero-order chi connectivity index (χ0) is 15.5. The quantitative estimate of drug-likeness (QED) is 0.773.